The molecule has 2 nitrogen and oxygen atoms in total. The summed E-state index contributed by atoms with van der Waals surface area (Å²) in [6, 6.07) is 8.94. The standard InChI is InChI=1S/C19H26N2/c1-2-4-6-12-20-14-8-18(9-15-20)19-10-16-21(17-11-19)13-7-5-3-1/h8-11,14-17H,1-7,12-13H2/q+2. The van der Waals surface area contributed by atoms with Crippen LogP contribution in [0.2, 0.25) is 0 Å². The van der Waals surface area contributed by atoms with Gasteiger partial charge < -0.3 is 0 Å². The molecule has 0 N–H and O–H groups in total. The first-order chi connectivity index (χ1) is 10.4. The zero-order valence-corrected chi connectivity index (χ0v) is 12.9. The molecule has 2 aromatic heterocycles. The first-order valence-electron chi connectivity index (χ1n) is 8.40. The van der Waals surface area contributed by atoms with Gasteiger partial charge in [-0.3, -0.25) is 0 Å². The van der Waals surface area contributed by atoms with Gasteiger partial charge in [0, 0.05) is 37.1 Å². The maximum absolute atomic E-state index is 2.31. The summed E-state index contributed by atoms with van der Waals surface area (Å²) >= 11 is 0. The number of rotatable bonds is 0. The van der Waals surface area contributed by atoms with Crippen molar-refractivity contribution in [3.05, 3.63) is 49.1 Å². The van der Waals surface area contributed by atoms with E-state index in [0.29, 0.717) is 0 Å². The van der Waals surface area contributed by atoms with E-state index in [-0.39, 0.29) is 0 Å². The van der Waals surface area contributed by atoms with Crippen molar-refractivity contribution in [2.75, 3.05) is 0 Å². The molecule has 0 aromatic carbocycles. The van der Waals surface area contributed by atoms with Crippen LogP contribution in [0.15, 0.2) is 49.1 Å². The SMILES string of the molecule is c1c[n+]2ccc1-c1cc[n+](cc1)CCCCCCCCC2. The van der Waals surface area contributed by atoms with E-state index in [2.05, 4.69) is 58.2 Å². The van der Waals surface area contributed by atoms with E-state index in [4.69, 9.17) is 0 Å². The maximum atomic E-state index is 2.31. The fraction of sp³-hybridized carbons (Fsp3) is 0.474. The average Bonchev–Trinajstić information content (AvgIpc) is 2.55. The van der Waals surface area contributed by atoms with Crippen molar-refractivity contribution in [2.24, 2.45) is 0 Å². The lowest BCUT2D eigenvalue weighted by atomic mass is 10.1. The number of pyridine rings is 2. The first-order valence-corrected chi connectivity index (χ1v) is 8.40. The Morgan fingerprint density at radius 3 is 1.19 bits per heavy atom. The average molecular weight is 282 g/mol. The van der Waals surface area contributed by atoms with E-state index < -0.39 is 0 Å². The number of aromatic nitrogens is 2. The Morgan fingerprint density at radius 1 is 0.476 bits per heavy atom. The number of hydrogen-bond acceptors (Lipinski definition) is 0. The van der Waals surface area contributed by atoms with Crippen molar-refractivity contribution in [3.63, 3.8) is 0 Å². The molecular formula is C19H26N2+2. The molecule has 5 rings (SSSR count). The summed E-state index contributed by atoms with van der Waals surface area (Å²) in [6.45, 7) is 2.30. The van der Waals surface area contributed by atoms with Gasteiger partial charge in [0.15, 0.2) is 24.8 Å². The van der Waals surface area contributed by atoms with Gasteiger partial charge in [0.25, 0.3) is 0 Å². The minimum Gasteiger partial charge on any atom is -0.205 e. The van der Waals surface area contributed by atoms with Crippen molar-refractivity contribution < 1.29 is 9.13 Å². The molecule has 0 unspecified atom stereocenters. The Labute approximate surface area is 128 Å². The third-order valence-corrected chi connectivity index (χ3v) is 4.45. The Hall–Kier alpha value is -1.70. The Balaban J connectivity index is 1.78. The molecule has 0 aliphatic carbocycles. The predicted octanol–water partition coefficient (Wildman–Crippen LogP) is 3.67. The summed E-state index contributed by atoms with van der Waals surface area (Å²) < 4.78 is 4.62. The monoisotopic (exact) mass is 282 g/mol. The highest BCUT2D eigenvalue weighted by atomic mass is 14.9. The van der Waals surface area contributed by atoms with Crippen molar-refractivity contribution in [1.82, 2.24) is 0 Å². The van der Waals surface area contributed by atoms with E-state index >= 15 is 0 Å². The third-order valence-electron chi connectivity index (χ3n) is 4.45. The van der Waals surface area contributed by atoms with Gasteiger partial charge in [0.1, 0.15) is 13.1 Å². The van der Waals surface area contributed by atoms with E-state index in [9.17, 15) is 0 Å². The summed E-state index contributed by atoms with van der Waals surface area (Å²) in [7, 11) is 0. The van der Waals surface area contributed by atoms with E-state index in [0.717, 1.165) is 13.1 Å². The van der Waals surface area contributed by atoms with E-state index in [1.54, 1.807) is 0 Å². The highest BCUT2D eigenvalue weighted by molar-refractivity contribution is 5.60. The van der Waals surface area contributed by atoms with Crippen molar-refractivity contribution in [2.45, 2.75) is 58.0 Å². The molecule has 21 heavy (non-hydrogen) atoms. The van der Waals surface area contributed by atoms with E-state index in [1.165, 1.54) is 56.1 Å². The molecule has 0 spiro atoms. The van der Waals surface area contributed by atoms with Crippen LogP contribution in [0.4, 0.5) is 0 Å². The Kier molecular flexibility index (Phi) is 4.99. The molecule has 2 heteroatoms. The van der Waals surface area contributed by atoms with Gasteiger partial charge in [-0.1, -0.05) is 19.3 Å². The van der Waals surface area contributed by atoms with Crippen LogP contribution in [0.5, 0.6) is 0 Å². The molecule has 0 saturated heterocycles. The van der Waals surface area contributed by atoms with Crippen LogP contribution in [-0.4, -0.2) is 0 Å². The summed E-state index contributed by atoms with van der Waals surface area (Å²) in [5.74, 6) is 0. The topological polar surface area (TPSA) is 7.76 Å². The lowest BCUT2D eigenvalue weighted by Crippen LogP contribution is -2.32. The van der Waals surface area contributed by atoms with E-state index in [1.807, 2.05) is 0 Å². The Morgan fingerprint density at radius 2 is 0.810 bits per heavy atom. The zero-order valence-electron chi connectivity index (χ0n) is 12.9. The Bertz CT molecular complexity index is 491. The largest absolute Gasteiger partial charge is 0.205 e. The maximum Gasteiger partial charge on any atom is 0.169 e. The van der Waals surface area contributed by atoms with Crippen LogP contribution < -0.4 is 9.13 Å². The lowest BCUT2D eigenvalue weighted by Gasteiger charge is -2.01. The summed E-state index contributed by atoms with van der Waals surface area (Å²) in [5, 5.41) is 0. The molecule has 0 radical (unpaired) electrons. The molecule has 0 atom stereocenters. The highest BCUT2D eigenvalue weighted by Crippen LogP contribution is 2.16. The van der Waals surface area contributed by atoms with Gasteiger partial charge in [0.05, 0.1) is 0 Å². The lowest BCUT2D eigenvalue weighted by molar-refractivity contribution is -0.697. The van der Waals surface area contributed by atoms with Gasteiger partial charge in [-0.15, -0.1) is 0 Å². The molecule has 0 fully saturated rings. The molecule has 0 saturated carbocycles. The van der Waals surface area contributed by atoms with Crippen LogP contribution in [0.1, 0.15) is 44.9 Å². The fourth-order valence-electron chi connectivity index (χ4n) is 3.07. The van der Waals surface area contributed by atoms with Crippen molar-refractivity contribution in [3.8, 4) is 11.1 Å². The second-order valence-electron chi connectivity index (χ2n) is 6.12. The molecule has 110 valence electrons. The molecule has 5 heterocycles. The summed E-state index contributed by atoms with van der Waals surface area (Å²) in [4.78, 5) is 0. The third kappa shape index (κ3) is 4.13. The molecule has 3 aliphatic heterocycles. The second kappa shape index (κ2) is 7.35. The van der Waals surface area contributed by atoms with Crippen LogP contribution >= 0.6 is 0 Å². The molecule has 0 amide bonds. The second-order valence-corrected chi connectivity index (χ2v) is 6.12. The van der Waals surface area contributed by atoms with Gasteiger partial charge in [0.2, 0.25) is 0 Å². The van der Waals surface area contributed by atoms with Gasteiger partial charge in [-0.25, -0.2) is 9.13 Å². The minimum atomic E-state index is 1.15. The summed E-state index contributed by atoms with van der Waals surface area (Å²) in [6.07, 6.45) is 18.4. The van der Waals surface area contributed by atoms with Crippen molar-refractivity contribution in [1.29, 1.82) is 0 Å². The number of fused-ring (bicyclic) bond motifs is 2. The highest BCUT2D eigenvalue weighted by Gasteiger charge is 2.06. The quantitative estimate of drug-likeness (QED) is 0.651. The van der Waals surface area contributed by atoms with Crippen molar-refractivity contribution >= 4 is 0 Å². The van der Waals surface area contributed by atoms with Gasteiger partial charge in [-0.2, -0.15) is 0 Å². The molecule has 3 aliphatic rings. The molecule has 2 aromatic rings. The van der Waals surface area contributed by atoms with Gasteiger partial charge in [-0.05, 0) is 24.0 Å². The number of aryl methyl sites for hydroxylation is 2. The van der Waals surface area contributed by atoms with Crippen LogP contribution in [0.25, 0.3) is 11.1 Å². The van der Waals surface area contributed by atoms with Gasteiger partial charge >= 0.3 is 0 Å². The number of hydrogen-bond donors (Lipinski definition) is 0. The first kappa shape index (κ1) is 14.2. The minimum absolute atomic E-state index is 1.15. The zero-order chi connectivity index (χ0) is 14.3. The predicted molar refractivity (Wildman–Crippen MR) is 84.6 cm³/mol. The molecular weight excluding hydrogens is 256 g/mol. The van der Waals surface area contributed by atoms with Crippen LogP contribution in [0.3, 0.4) is 0 Å². The summed E-state index contributed by atoms with van der Waals surface area (Å²) in [5.41, 5.74) is 2.62. The molecule has 4 bridgehead atoms. The van der Waals surface area contributed by atoms with Crippen LogP contribution in [0, 0.1) is 0 Å². The fourth-order valence-corrected chi connectivity index (χ4v) is 3.07. The smallest absolute Gasteiger partial charge is 0.169 e. The number of nitrogens with zero attached hydrogens (tertiary/aromatic N) is 2. The van der Waals surface area contributed by atoms with Crippen LogP contribution in [-0.2, 0) is 13.1 Å². The normalized spacial score (nSPS) is 16.8.